The molecule has 0 saturated carbocycles. The first kappa shape index (κ1) is 13.1. The molecule has 15 heavy (non-hydrogen) atoms. The van der Waals surface area contributed by atoms with Gasteiger partial charge in [-0.25, -0.2) is 0 Å². The Bertz CT molecular complexity index is 582. The molecule has 0 bridgehead atoms. The van der Waals surface area contributed by atoms with Crippen molar-refractivity contribution >= 4 is 32.5 Å². The van der Waals surface area contributed by atoms with Crippen LogP contribution in [0.3, 0.4) is 0 Å². The standard InChI is InChI=1S/C11H7NS.2Re/c1-12-9-5-3-2-4-8(9)11-10(12)6-7-13-11;;/h2,4-6H,1H3;;/q-2;;. The topological polar surface area (TPSA) is 4.93 Å². The van der Waals surface area contributed by atoms with Crippen LogP contribution >= 0.6 is 11.3 Å². The molecular weight excluding hydrogens is 551 g/mol. The number of hydrogen-bond acceptors (Lipinski definition) is 1. The molecule has 0 saturated heterocycles. The average molecular weight is 558 g/mol. The summed E-state index contributed by atoms with van der Waals surface area (Å²) in [5.41, 5.74) is 2.51. The molecule has 0 aliphatic heterocycles. The van der Waals surface area contributed by atoms with Crippen molar-refractivity contribution in [1.29, 1.82) is 0 Å². The van der Waals surface area contributed by atoms with Crippen LogP contribution in [0.2, 0.25) is 0 Å². The molecule has 0 atom stereocenters. The van der Waals surface area contributed by atoms with Crippen LogP contribution in [0.4, 0.5) is 0 Å². The molecule has 3 rings (SSSR count). The van der Waals surface area contributed by atoms with Gasteiger partial charge < -0.3 is 4.57 Å². The van der Waals surface area contributed by atoms with Gasteiger partial charge in [-0.2, -0.15) is 35.7 Å². The Morgan fingerprint density at radius 1 is 1.20 bits per heavy atom. The maximum Gasteiger partial charge on any atom is 0 e. The zero-order valence-electron chi connectivity index (χ0n) is 7.92. The summed E-state index contributed by atoms with van der Waals surface area (Å²) < 4.78 is 3.51. The van der Waals surface area contributed by atoms with E-state index in [1.807, 2.05) is 18.2 Å². The van der Waals surface area contributed by atoms with Gasteiger partial charge in [0.25, 0.3) is 0 Å². The molecule has 3 aromatic rings. The van der Waals surface area contributed by atoms with Crippen molar-refractivity contribution in [1.82, 2.24) is 4.57 Å². The summed E-state index contributed by atoms with van der Waals surface area (Å²) in [6, 6.07) is 11.2. The van der Waals surface area contributed by atoms with Gasteiger partial charge in [0, 0.05) is 40.8 Å². The molecule has 1 nitrogen and oxygen atoms in total. The SMILES string of the molecule is Cn1c2c[c-]ccc2c2s[c-]cc21.[Re].[Re]. The average Bonchev–Trinajstić information content (AvgIpc) is 2.72. The number of aryl methyl sites for hydroxylation is 1. The zero-order chi connectivity index (χ0) is 8.84. The minimum Gasteiger partial charge on any atom is -0.460 e. The van der Waals surface area contributed by atoms with Crippen LogP contribution in [0.1, 0.15) is 0 Å². The number of nitrogens with zero attached hydrogens (tertiary/aromatic N) is 1. The number of fused-ring (bicyclic) bond motifs is 3. The van der Waals surface area contributed by atoms with Crippen molar-refractivity contribution in [2.75, 3.05) is 0 Å². The fourth-order valence-electron chi connectivity index (χ4n) is 1.73. The molecule has 2 aromatic heterocycles. The molecule has 0 fully saturated rings. The molecule has 0 N–H and O–H groups in total. The largest absolute Gasteiger partial charge is 0.460 e. The fourth-order valence-corrected chi connectivity index (χ4v) is 2.60. The van der Waals surface area contributed by atoms with Gasteiger partial charge >= 0.3 is 0 Å². The minimum absolute atomic E-state index is 0. The number of hydrogen-bond donors (Lipinski definition) is 0. The number of rotatable bonds is 0. The van der Waals surface area contributed by atoms with Crippen molar-refractivity contribution in [3.8, 4) is 0 Å². The molecule has 78 valence electrons. The maximum atomic E-state index is 3.16. The normalized spacial score (nSPS) is 9.93. The molecule has 0 aliphatic carbocycles. The summed E-state index contributed by atoms with van der Waals surface area (Å²) in [4.78, 5) is 0. The van der Waals surface area contributed by atoms with Gasteiger partial charge in [0.15, 0.2) is 0 Å². The molecule has 2 heterocycles. The van der Waals surface area contributed by atoms with Gasteiger partial charge in [0.1, 0.15) is 0 Å². The van der Waals surface area contributed by atoms with Gasteiger partial charge in [0.2, 0.25) is 0 Å². The first-order valence-electron chi connectivity index (χ1n) is 4.12. The van der Waals surface area contributed by atoms with E-state index in [2.05, 4.69) is 29.1 Å². The van der Waals surface area contributed by atoms with Crippen LogP contribution in [-0.2, 0) is 47.9 Å². The van der Waals surface area contributed by atoms with E-state index >= 15 is 0 Å². The second-order valence-corrected chi connectivity index (χ2v) is 3.93. The van der Waals surface area contributed by atoms with E-state index in [0.29, 0.717) is 0 Å². The minimum atomic E-state index is 0. The van der Waals surface area contributed by atoms with Crippen molar-refractivity contribution in [3.63, 3.8) is 0 Å². The third kappa shape index (κ3) is 1.87. The van der Waals surface area contributed by atoms with Crippen LogP contribution in [0.5, 0.6) is 0 Å². The van der Waals surface area contributed by atoms with Gasteiger partial charge in [-0.3, -0.25) is 11.3 Å². The Balaban J connectivity index is 0.000000562. The third-order valence-corrected chi connectivity index (χ3v) is 3.27. The van der Waals surface area contributed by atoms with Crippen LogP contribution in [-0.4, -0.2) is 4.57 Å². The van der Waals surface area contributed by atoms with Crippen LogP contribution in [0.25, 0.3) is 21.1 Å². The molecule has 0 amide bonds. The van der Waals surface area contributed by atoms with E-state index in [0.717, 1.165) is 0 Å². The molecule has 0 unspecified atom stereocenters. The van der Waals surface area contributed by atoms with Gasteiger partial charge in [-0.05, 0) is 7.05 Å². The predicted molar refractivity (Wildman–Crippen MR) is 56.0 cm³/mol. The summed E-state index contributed by atoms with van der Waals surface area (Å²) in [7, 11) is 2.08. The Hall–Kier alpha value is 0.0447. The van der Waals surface area contributed by atoms with Crippen LogP contribution in [0.15, 0.2) is 24.3 Å². The van der Waals surface area contributed by atoms with E-state index in [4.69, 9.17) is 0 Å². The van der Waals surface area contributed by atoms with E-state index in [1.54, 1.807) is 11.3 Å². The Labute approximate surface area is 120 Å². The molecule has 0 aliphatic rings. The molecule has 1 aromatic carbocycles. The summed E-state index contributed by atoms with van der Waals surface area (Å²) in [6.07, 6.45) is 0. The van der Waals surface area contributed by atoms with Crippen molar-refractivity contribution < 1.29 is 40.8 Å². The summed E-state index contributed by atoms with van der Waals surface area (Å²) in [5, 5.41) is 4.47. The third-order valence-electron chi connectivity index (χ3n) is 2.40. The number of thiophene rings is 1. The predicted octanol–water partition coefficient (Wildman–Crippen LogP) is 2.99. The molecule has 2 radical (unpaired) electrons. The fraction of sp³-hybridized carbons (Fsp3) is 0.0909. The van der Waals surface area contributed by atoms with Crippen molar-refractivity contribution in [2.45, 2.75) is 0 Å². The molecular formula is C11H7NRe2S-2. The van der Waals surface area contributed by atoms with Crippen molar-refractivity contribution in [3.05, 3.63) is 35.7 Å². The quantitative estimate of drug-likeness (QED) is 0.375. The summed E-state index contributed by atoms with van der Waals surface area (Å²) >= 11 is 1.68. The van der Waals surface area contributed by atoms with E-state index < -0.39 is 0 Å². The molecule has 0 spiro atoms. The van der Waals surface area contributed by atoms with Crippen LogP contribution in [0, 0.1) is 11.4 Å². The summed E-state index contributed by atoms with van der Waals surface area (Å²) in [6.45, 7) is 0. The van der Waals surface area contributed by atoms with E-state index in [9.17, 15) is 0 Å². The summed E-state index contributed by atoms with van der Waals surface area (Å²) in [5.74, 6) is 0. The van der Waals surface area contributed by atoms with Crippen LogP contribution < -0.4 is 0 Å². The monoisotopic (exact) mass is 559 g/mol. The molecule has 4 heteroatoms. The van der Waals surface area contributed by atoms with Gasteiger partial charge in [0.05, 0.1) is 0 Å². The van der Waals surface area contributed by atoms with Gasteiger partial charge in [-0.1, -0.05) is 5.52 Å². The second kappa shape index (κ2) is 4.92. The first-order valence-corrected chi connectivity index (χ1v) is 4.93. The first-order chi connectivity index (χ1) is 6.38. The Morgan fingerprint density at radius 3 is 2.80 bits per heavy atom. The maximum absolute atomic E-state index is 3.16. The van der Waals surface area contributed by atoms with Crippen molar-refractivity contribution in [2.24, 2.45) is 7.05 Å². The van der Waals surface area contributed by atoms with E-state index in [-0.39, 0.29) is 40.8 Å². The zero-order valence-corrected chi connectivity index (χ0v) is 14.2. The number of aromatic nitrogens is 1. The second-order valence-electron chi connectivity index (χ2n) is 3.08. The smallest absolute Gasteiger partial charge is 0 e. The number of benzene rings is 1. The Morgan fingerprint density at radius 2 is 2.00 bits per heavy atom. The Kier molecular flexibility index (Phi) is 4.30. The van der Waals surface area contributed by atoms with E-state index in [1.165, 1.54) is 21.1 Å². The van der Waals surface area contributed by atoms with Gasteiger partial charge in [-0.15, -0.1) is 15.6 Å².